The zero-order valence-corrected chi connectivity index (χ0v) is 12.5. The number of hydrogen-bond acceptors (Lipinski definition) is 3. The first-order valence-electron chi connectivity index (χ1n) is 5.98. The maximum Gasteiger partial charge on any atom is 0.0856 e. The van der Waals surface area contributed by atoms with Gasteiger partial charge in [-0.25, -0.2) is 0 Å². The lowest BCUT2D eigenvalue weighted by molar-refractivity contribution is 0.627. The van der Waals surface area contributed by atoms with Crippen LogP contribution >= 0.6 is 11.6 Å². The molecule has 0 bridgehead atoms. The number of rotatable bonds is 4. The molecule has 1 aromatic heterocycles. The first-order chi connectivity index (χ1) is 9.02. The summed E-state index contributed by atoms with van der Waals surface area (Å²) < 4.78 is 14.1. The zero-order valence-electron chi connectivity index (χ0n) is 10.9. The highest BCUT2D eigenvalue weighted by Crippen LogP contribution is 2.24. The Balaban J connectivity index is 2.29. The molecular weight excluding hydrogens is 282 g/mol. The first kappa shape index (κ1) is 14.1. The van der Waals surface area contributed by atoms with Gasteiger partial charge in [0.05, 0.1) is 33.0 Å². The second-order valence-corrected chi connectivity index (χ2v) is 6.05. The van der Waals surface area contributed by atoms with Crippen molar-refractivity contribution < 1.29 is 4.21 Å². The fourth-order valence-corrected chi connectivity index (χ4v) is 3.36. The van der Waals surface area contributed by atoms with Crippen LogP contribution in [0.25, 0.3) is 0 Å². The Hall–Kier alpha value is -1.33. The van der Waals surface area contributed by atoms with Crippen molar-refractivity contribution in [1.29, 1.82) is 0 Å². The van der Waals surface area contributed by atoms with E-state index in [0.717, 1.165) is 11.4 Å². The molecule has 0 amide bonds. The van der Waals surface area contributed by atoms with Crippen LogP contribution in [-0.4, -0.2) is 14.0 Å². The van der Waals surface area contributed by atoms with Crippen molar-refractivity contribution in [2.45, 2.75) is 31.0 Å². The number of hydrogen-bond donors (Lipinski definition) is 1. The highest BCUT2D eigenvalue weighted by atomic mass is 35.5. The maximum absolute atomic E-state index is 12.4. The molecule has 4 nitrogen and oxygen atoms in total. The monoisotopic (exact) mass is 297 g/mol. The Morgan fingerprint density at radius 3 is 2.84 bits per heavy atom. The standard InChI is InChI=1S/C13H16ClN3OS/c1-3-17-12(13(14)9(2)16-17)8-19(18)11-6-4-5-10(15)7-11/h4-7H,3,8,15H2,1-2H3. The molecule has 0 fully saturated rings. The fourth-order valence-electron chi connectivity index (χ4n) is 1.87. The summed E-state index contributed by atoms with van der Waals surface area (Å²) in [4.78, 5) is 0.706. The van der Waals surface area contributed by atoms with Gasteiger partial charge in [0.2, 0.25) is 0 Å². The van der Waals surface area contributed by atoms with Gasteiger partial charge < -0.3 is 5.73 Å². The lowest BCUT2D eigenvalue weighted by atomic mass is 10.3. The molecule has 6 heteroatoms. The minimum Gasteiger partial charge on any atom is -0.399 e. The summed E-state index contributed by atoms with van der Waals surface area (Å²) in [7, 11) is -1.18. The Labute approximate surface area is 120 Å². The van der Waals surface area contributed by atoms with Crippen molar-refractivity contribution in [2.75, 3.05) is 5.73 Å². The molecule has 1 unspecified atom stereocenters. The highest BCUT2D eigenvalue weighted by molar-refractivity contribution is 7.84. The quantitative estimate of drug-likeness (QED) is 0.883. The molecule has 0 aliphatic rings. The summed E-state index contributed by atoms with van der Waals surface area (Å²) in [6.07, 6.45) is 0. The van der Waals surface area contributed by atoms with Gasteiger partial charge in [0, 0.05) is 17.1 Å². The molecule has 2 rings (SSSR count). The van der Waals surface area contributed by atoms with Gasteiger partial charge in [0.1, 0.15) is 0 Å². The molecule has 0 saturated carbocycles. The van der Waals surface area contributed by atoms with Gasteiger partial charge in [-0.05, 0) is 32.0 Å². The van der Waals surface area contributed by atoms with E-state index in [1.165, 1.54) is 0 Å². The minimum absolute atomic E-state index is 0.344. The van der Waals surface area contributed by atoms with Crippen LogP contribution < -0.4 is 5.73 Å². The third kappa shape index (κ3) is 2.98. The van der Waals surface area contributed by atoms with Crippen LogP contribution in [0, 0.1) is 6.92 Å². The summed E-state index contributed by atoms with van der Waals surface area (Å²) >= 11 is 6.21. The van der Waals surface area contributed by atoms with E-state index in [9.17, 15) is 4.21 Å². The van der Waals surface area contributed by atoms with Crippen LogP contribution in [0.4, 0.5) is 5.69 Å². The largest absolute Gasteiger partial charge is 0.399 e. The van der Waals surface area contributed by atoms with E-state index in [4.69, 9.17) is 17.3 Å². The Bertz CT molecular complexity index is 624. The number of anilines is 1. The lowest BCUT2D eigenvalue weighted by Gasteiger charge is -2.06. The minimum atomic E-state index is -1.18. The molecule has 1 heterocycles. The maximum atomic E-state index is 12.4. The molecule has 19 heavy (non-hydrogen) atoms. The third-order valence-electron chi connectivity index (χ3n) is 2.84. The number of nitrogens with zero attached hydrogens (tertiary/aromatic N) is 2. The predicted octanol–water partition coefficient (Wildman–Crippen LogP) is 2.75. The number of aromatic nitrogens is 2. The van der Waals surface area contributed by atoms with Crippen LogP contribution in [0.1, 0.15) is 18.3 Å². The normalized spacial score (nSPS) is 12.6. The number of nitrogen functional groups attached to an aromatic ring is 1. The molecule has 0 aliphatic carbocycles. The topological polar surface area (TPSA) is 60.9 Å². The van der Waals surface area contributed by atoms with Gasteiger partial charge in [0.15, 0.2) is 0 Å². The average molecular weight is 298 g/mol. The Morgan fingerprint density at radius 2 is 2.21 bits per heavy atom. The van der Waals surface area contributed by atoms with Crippen molar-refractivity contribution in [3.63, 3.8) is 0 Å². The number of halogens is 1. The van der Waals surface area contributed by atoms with Crippen LogP contribution in [0.2, 0.25) is 5.02 Å². The molecule has 2 N–H and O–H groups in total. The van der Waals surface area contributed by atoms with E-state index >= 15 is 0 Å². The van der Waals surface area contributed by atoms with Crippen LogP contribution in [-0.2, 0) is 23.1 Å². The van der Waals surface area contributed by atoms with Crippen LogP contribution in [0.3, 0.4) is 0 Å². The van der Waals surface area contributed by atoms with E-state index in [0.29, 0.717) is 27.9 Å². The zero-order chi connectivity index (χ0) is 14.0. The molecule has 0 saturated heterocycles. The second kappa shape index (κ2) is 5.75. The van der Waals surface area contributed by atoms with Gasteiger partial charge in [0.25, 0.3) is 0 Å². The second-order valence-electron chi connectivity index (χ2n) is 4.22. The van der Waals surface area contributed by atoms with Gasteiger partial charge in [-0.3, -0.25) is 8.89 Å². The van der Waals surface area contributed by atoms with Gasteiger partial charge in [-0.1, -0.05) is 17.7 Å². The summed E-state index contributed by atoms with van der Waals surface area (Å²) in [6, 6.07) is 7.10. The molecule has 1 aromatic carbocycles. The summed E-state index contributed by atoms with van der Waals surface area (Å²) in [5.74, 6) is 0.344. The van der Waals surface area contributed by atoms with Gasteiger partial charge in [-0.2, -0.15) is 5.10 Å². The highest BCUT2D eigenvalue weighted by Gasteiger charge is 2.16. The number of benzene rings is 1. The number of nitrogens with two attached hydrogens (primary N) is 1. The first-order valence-corrected chi connectivity index (χ1v) is 7.68. The fraction of sp³-hybridized carbons (Fsp3) is 0.308. The van der Waals surface area contributed by atoms with E-state index in [-0.39, 0.29) is 0 Å². The van der Waals surface area contributed by atoms with Crippen molar-refractivity contribution in [3.05, 3.63) is 40.7 Å². The van der Waals surface area contributed by atoms with Crippen LogP contribution in [0.15, 0.2) is 29.2 Å². The Morgan fingerprint density at radius 1 is 1.47 bits per heavy atom. The SMILES string of the molecule is CCn1nc(C)c(Cl)c1CS(=O)c1cccc(N)c1. The molecule has 102 valence electrons. The van der Waals surface area contributed by atoms with E-state index in [1.54, 1.807) is 28.9 Å². The van der Waals surface area contributed by atoms with Crippen LogP contribution in [0.5, 0.6) is 0 Å². The van der Waals surface area contributed by atoms with E-state index in [2.05, 4.69) is 5.10 Å². The molecule has 0 spiro atoms. The molecule has 0 radical (unpaired) electrons. The molecule has 0 aliphatic heterocycles. The third-order valence-corrected chi connectivity index (χ3v) is 4.65. The molecule has 2 aromatic rings. The van der Waals surface area contributed by atoms with Crippen molar-refractivity contribution >= 4 is 28.1 Å². The summed E-state index contributed by atoms with van der Waals surface area (Å²) in [5.41, 5.74) is 7.88. The molecule has 1 atom stereocenters. The smallest absolute Gasteiger partial charge is 0.0856 e. The summed E-state index contributed by atoms with van der Waals surface area (Å²) in [5, 5.41) is 4.91. The van der Waals surface area contributed by atoms with Crippen molar-refractivity contribution in [3.8, 4) is 0 Å². The van der Waals surface area contributed by atoms with Gasteiger partial charge >= 0.3 is 0 Å². The number of aryl methyl sites for hydroxylation is 2. The molecular formula is C13H16ClN3OS. The average Bonchev–Trinajstić information content (AvgIpc) is 2.66. The van der Waals surface area contributed by atoms with E-state index in [1.807, 2.05) is 13.8 Å². The van der Waals surface area contributed by atoms with Gasteiger partial charge in [-0.15, -0.1) is 0 Å². The van der Waals surface area contributed by atoms with Crippen molar-refractivity contribution in [2.24, 2.45) is 0 Å². The summed E-state index contributed by atoms with van der Waals surface area (Å²) in [6.45, 7) is 4.54. The lowest BCUT2D eigenvalue weighted by Crippen LogP contribution is -2.06. The van der Waals surface area contributed by atoms with E-state index < -0.39 is 10.8 Å². The van der Waals surface area contributed by atoms with Crippen molar-refractivity contribution in [1.82, 2.24) is 9.78 Å². The Kier molecular flexibility index (Phi) is 4.27. The predicted molar refractivity (Wildman–Crippen MR) is 78.6 cm³/mol.